The molecule has 4 nitrogen and oxygen atoms in total. The summed E-state index contributed by atoms with van der Waals surface area (Å²) in [5.41, 5.74) is 2.24. The number of carbonyl (C=O) groups is 2. The zero-order valence-electron chi connectivity index (χ0n) is 11.4. The number of aliphatic carboxylic acids is 1. The highest BCUT2D eigenvalue weighted by molar-refractivity contribution is 5.87. The molecule has 1 unspecified atom stereocenters. The summed E-state index contributed by atoms with van der Waals surface area (Å²) >= 11 is 0. The van der Waals surface area contributed by atoms with E-state index in [2.05, 4.69) is 6.58 Å². The molecule has 0 saturated carbocycles. The van der Waals surface area contributed by atoms with E-state index in [4.69, 9.17) is 5.11 Å². The third kappa shape index (κ3) is 3.07. The van der Waals surface area contributed by atoms with Gasteiger partial charge in [0.2, 0.25) is 5.91 Å². The summed E-state index contributed by atoms with van der Waals surface area (Å²) < 4.78 is 0. The number of fused-ring (bicyclic) bond motifs is 1. The second kappa shape index (κ2) is 6.37. The van der Waals surface area contributed by atoms with Crippen molar-refractivity contribution in [2.75, 3.05) is 13.1 Å². The van der Waals surface area contributed by atoms with Gasteiger partial charge in [-0.1, -0.05) is 30.3 Å². The number of aryl methyl sites for hydroxylation is 1. The van der Waals surface area contributed by atoms with Crippen LogP contribution in [0, 0.1) is 0 Å². The van der Waals surface area contributed by atoms with Gasteiger partial charge < -0.3 is 10.0 Å². The molecule has 0 fully saturated rings. The van der Waals surface area contributed by atoms with Crippen molar-refractivity contribution >= 4 is 11.9 Å². The van der Waals surface area contributed by atoms with Gasteiger partial charge in [0.25, 0.3) is 0 Å². The smallest absolute Gasteiger partial charge is 0.323 e. The summed E-state index contributed by atoms with van der Waals surface area (Å²) in [6, 6.07) is 7.93. The molecule has 0 aliphatic heterocycles. The van der Waals surface area contributed by atoms with E-state index >= 15 is 0 Å². The number of carbonyl (C=O) groups excluding carboxylic acids is 1. The van der Waals surface area contributed by atoms with Crippen LogP contribution in [-0.4, -0.2) is 35.0 Å². The van der Waals surface area contributed by atoms with Gasteiger partial charge in [0.1, 0.15) is 6.54 Å². The van der Waals surface area contributed by atoms with Crippen LogP contribution in [0.3, 0.4) is 0 Å². The second-order valence-electron chi connectivity index (χ2n) is 5.04. The van der Waals surface area contributed by atoms with Crippen LogP contribution in [0.1, 0.15) is 29.9 Å². The Morgan fingerprint density at radius 3 is 2.85 bits per heavy atom. The summed E-state index contributed by atoms with van der Waals surface area (Å²) in [4.78, 5) is 24.9. The fraction of sp³-hybridized carbons (Fsp3) is 0.375. The first kappa shape index (κ1) is 14.3. The highest BCUT2D eigenvalue weighted by Gasteiger charge is 2.30. The first-order valence-electron chi connectivity index (χ1n) is 6.82. The molecule has 0 aromatic heterocycles. The maximum atomic E-state index is 12.6. The highest BCUT2D eigenvalue weighted by Crippen LogP contribution is 2.32. The molecular formula is C16H19NO3. The van der Waals surface area contributed by atoms with Crippen molar-refractivity contribution in [3.8, 4) is 0 Å². The lowest BCUT2D eigenvalue weighted by Crippen LogP contribution is -2.39. The van der Waals surface area contributed by atoms with Crippen molar-refractivity contribution in [2.24, 2.45) is 0 Å². The summed E-state index contributed by atoms with van der Waals surface area (Å²) in [5.74, 6) is -1.33. The van der Waals surface area contributed by atoms with Crippen LogP contribution in [0.5, 0.6) is 0 Å². The molecule has 1 N–H and O–H groups in total. The Hall–Kier alpha value is -2.10. The van der Waals surface area contributed by atoms with E-state index in [1.54, 1.807) is 6.08 Å². The zero-order chi connectivity index (χ0) is 14.5. The molecule has 0 bridgehead atoms. The quantitative estimate of drug-likeness (QED) is 0.837. The number of hydrogen-bond donors (Lipinski definition) is 1. The van der Waals surface area contributed by atoms with Crippen molar-refractivity contribution < 1.29 is 14.7 Å². The number of nitrogens with zero attached hydrogens (tertiary/aromatic N) is 1. The molecular weight excluding hydrogens is 254 g/mol. The fourth-order valence-electron chi connectivity index (χ4n) is 2.78. The molecule has 0 radical (unpaired) electrons. The Balaban J connectivity index is 2.23. The van der Waals surface area contributed by atoms with E-state index in [9.17, 15) is 9.59 Å². The number of benzene rings is 1. The number of carboxylic acids is 1. The van der Waals surface area contributed by atoms with Gasteiger partial charge in [0.05, 0.1) is 5.92 Å². The second-order valence-corrected chi connectivity index (χ2v) is 5.04. The van der Waals surface area contributed by atoms with E-state index < -0.39 is 5.97 Å². The minimum atomic E-state index is -0.996. The minimum absolute atomic E-state index is 0.112. The monoisotopic (exact) mass is 273 g/mol. The van der Waals surface area contributed by atoms with E-state index in [1.807, 2.05) is 24.3 Å². The van der Waals surface area contributed by atoms with Crippen LogP contribution in [0.2, 0.25) is 0 Å². The number of amides is 1. The maximum Gasteiger partial charge on any atom is 0.323 e. The Bertz CT molecular complexity index is 524. The Morgan fingerprint density at radius 1 is 1.40 bits per heavy atom. The van der Waals surface area contributed by atoms with E-state index in [0.29, 0.717) is 0 Å². The third-order valence-corrected chi connectivity index (χ3v) is 3.65. The molecule has 1 atom stereocenters. The molecule has 20 heavy (non-hydrogen) atoms. The fourth-order valence-corrected chi connectivity index (χ4v) is 2.78. The summed E-state index contributed by atoms with van der Waals surface area (Å²) in [6.45, 7) is 3.59. The first-order valence-corrected chi connectivity index (χ1v) is 6.82. The largest absolute Gasteiger partial charge is 0.480 e. The van der Waals surface area contributed by atoms with Crippen LogP contribution in [0.4, 0.5) is 0 Å². The molecule has 2 rings (SSSR count). The van der Waals surface area contributed by atoms with Crippen LogP contribution in [-0.2, 0) is 16.0 Å². The van der Waals surface area contributed by atoms with Crippen LogP contribution >= 0.6 is 0 Å². The minimum Gasteiger partial charge on any atom is -0.480 e. The van der Waals surface area contributed by atoms with E-state index in [0.717, 1.165) is 24.8 Å². The van der Waals surface area contributed by atoms with Crippen LogP contribution < -0.4 is 0 Å². The lowest BCUT2D eigenvalue weighted by atomic mass is 9.82. The van der Waals surface area contributed by atoms with Gasteiger partial charge in [-0.25, -0.2) is 0 Å². The third-order valence-electron chi connectivity index (χ3n) is 3.65. The highest BCUT2D eigenvalue weighted by atomic mass is 16.4. The molecule has 106 valence electrons. The molecule has 1 aliphatic carbocycles. The average Bonchev–Trinajstić information content (AvgIpc) is 2.45. The van der Waals surface area contributed by atoms with Gasteiger partial charge in [-0.2, -0.15) is 0 Å². The topological polar surface area (TPSA) is 57.6 Å². The lowest BCUT2D eigenvalue weighted by molar-refractivity contribution is -0.144. The van der Waals surface area contributed by atoms with Crippen LogP contribution in [0.15, 0.2) is 36.9 Å². The zero-order valence-corrected chi connectivity index (χ0v) is 11.4. The van der Waals surface area contributed by atoms with Gasteiger partial charge in [0, 0.05) is 6.54 Å². The molecule has 0 saturated heterocycles. The normalized spacial score (nSPS) is 17.1. The Labute approximate surface area is 118 Å². The molecule has 1 amide bonds. The summed E-state index contributed by atoms with van der Waals surface area (Å²) in [6.07, 6.45) is 4.29. The first-order chi connectivity index (χ1) is 9.63. The molecule has 0 heterocycles. The van der Waals surface area contributed by atoms with Crippen molar-refractivity contribution in [3.05, 3.63) is 48.0 Å². The predicted octanol–water partition coefficient (Wildman–Crippen LogP) is 2.21. The van der Waals surface area contributed by atoms with E-state index in [-0.39, 0.29) is 24.9 Å². The maximum absolute atomic E-state index is 12.6. The van der Waals surface area contributed by atoms with E-state index in [1.165, 1.54) is 10.5 Å². The lowest BCUT2D eigenvalue weighted by Gasteiger charge is -2.29. The van der Waals surface area contributed by atoms with Crippen molar-refractivity contribution in [2.45, 2.75) is 25.2 Å². The van der Waals surface area contributed by atoms with Gasteiger partial charge in [-0.05, 0) is 30.4 Å². The SMILES string of the molecule is C=CCN(CC(=O)O)C(=O)C1CCCc2ccccc21. The standard InChI is InChI=1S/C16H19NO3/c1-2-10-17(11-15(18)19)16(20)14-9-5-7-12-6-3-4-8-13(12)14/h2-4,6,8,14H,1,5,7,9-11H2,(H,18,19). The number of rotatable bonds is 5. The van der Waals surface area contributed by atoms with Crippen molar-refractivity contribution in [3.63, 3.8) is 0 Å². The average molecular weight is 273 g/mol. The Morgan fingerprint density at radius 2 is 2.15 bits per heavy atom. The molecule has 4 heteroatoms. The summed E-state index contributed by atoms with van der Waals surface area (Å²) in [5, 5.41) is 8.92. The van der Waals surface area contributed by atoms with Gasteiger partial charge in [-0.3, -0.25) is 9.59 Å². The summed E-state index contributed by atoms with van der Waals surface area (Å²) in [7, 11) is 0. The molecule has 1 aromatic rings. The van der Waals surface area contributed by atoms with Crippen molar-refractivity contribution in [1.82, 2.24) is 4.90 Å². The van der Waals surface area contributed by atoms with Gasteiger partial charge >= 0.3 is 5.97 Å². The number of carboxylic acid groups (broad SMARTS) is 1. The van der Waals surface area contributed by atoms with Crippen LogP contribution in [0.25, 0.3) is 0 Å². The molecule has 0 spiro atoms. The van der Waals surface area contributed by atoms with Gasteiger partial charge in [0.15, 0.2) is 0 Å². The molecule has 1 aliphatic rings. The number of hydrogen-bond acceptors (Lipinski definition) is 2. The van der Waals surface area contributed by atoms with Crippen molar-refractivity contribution in [1.29, 1.82) is 0 Å². The Kier molecular flexibility index (Phi) is 4.56. The molecule has 1 aromatic carbocycles. The predicted molar refractivity (Wildman–Crippen MR) is 76.5 cm³/mol. The van der Waals surface area contributed by atoms with Gasteiger partial charge in [-0.15, -0.1) is 6.58 Å².